The zero-order valence-electron chi connectivity index (χ0n) is 16.8. The van der Waals surface area contributed by atoms with E-state index in [1.54, 1.807) is 12.3 Å². The van der Waals surface area contributed by atoms with Gasteiger partial charge < -0.3 is 10.2 Å². The van der Waals surface area contributed by atoms with E-state index in [2.05, 4.69) is 47.0 Å². The molecule has 5 heteroatoms. The maximum Gasteiger partial charge on any atom is 0.274 e. The first-order chi connectivity index (χ1) is 13.0. The first kappa shape index (κ1) is 19.3. The quantitative estimate of drug-likeness (QED) is 0.815. The van der Waals surface area contributed by atoms with E-state index < -0.39 is 0 Å². The molecule has 1 N–H and O–H groups in total. The number of para-hydroxylation sites is 1. The van der Waals surface area contributed by atoms with Crippen molar-refractivity contribution in [3.05, 3.63) is 47.3 Å². The molecule has 1 saturated heterocycles. The van der Waals surface area contributed by atoms with Gasteiger partial charge in [0.15, 0.2) is 0 Å². The molecule has 1 aromatic heterocycles. The van der Waals surface area contributed by atoms with Crippen LogP contribution in [0.2, 0.25) is 0 Å². The third-order valence-electron chi connectivity index (χ3n) is 5.40. The molecule has 5 nitrogen and oxygen atoms in total. The van der Waals surface area contributed by atoms with Crippen LogP contribution >= 0.6 is 0 Å². The summed E-state index contributed by atoms with van der Waals surface area (Å²) in [7, 11) is 0. The minimum atomic E-state index is -0.181. The van der Waals surface area contributed by atoms with E-state index in [9.17, 15) is 4.79 Å². The topological polar surface area (TPSA) is 58.1 Å². The minimum Gasteiger partial charge on any atom is -0.338 e. The van der Waals surface area contributed by atoms with Crippen molar-refractivity contribution in [1.29, 1.82) is 0 Å². The number of hydrogen-bond donors (Lipinski definition) is 1. The van der Waals surface area contributed by atoms with Gasteiger partial charge in [0, 0.05) is 24.5 Å². The van der Waals surface area contributed by atoms with Gasteiger partial charge in [-0.25, -0.2) is 9.97 Å². The Morgan fingerprint density at radius 2 is 2.11 bits per heavy atom. The van der Waals surface area contributed by atoms with Crippen LogP contribution < -0.4 is 10.2 Å². The molecule has 0 bridgehead atoms. The zero-order chi connectivity index (χ0) is 19.4. The highest BCUT2D eigenvalue weighted by atomic mass is 16.1. The lowest BCUT2D eigenvalue weighted by molar-refractivity contribution is 0.102. The van der Waals surface area contributed by atoms with E-state index in [0.29, 0.717) is 23.6 Å². The third-order valence-corrected chi connectivity index (χ3v) is 5.40. The van der Waals surface area contributed by atoms with E-state index in [0.717, 1.165) is 42.6 Å². The van der Waals surface area contributed by atoms with E-state index >= 15 is 0 Å². The summed E-state index contributed by atoms with van der Waals surface area (Å²) in [6.07, 6.45) is 6.33. The lowest BCUT2D eigenvalue weighted by atomic mass is 9.98. The summed E-state index contributed by atoms with van der Waals surface area (Å²) >= 11 is 0. The van der Waals surface area contributed by atoms with Crippen LogP contribution in [0.3, 0.4) is 0 Å². The Kier molecular flexibility index (Phi) is 6.09. The molecule has 1 atom stereocenters. The molecule has 2 aromatic rings. The number of benzene rings is 1. The molecule has 1 aromatic carbocycles. The number of nitrogens with one attached hydrogen (secondary N) is 1. The average molecular weight is 367 g/mol. The van der Waals surface area contributed by atoms with E-state index in [4.69, 9.17) is 0 Å². The minimum absolute atomic E-state index is 0.181. The van der Waals surface area contributed by atoms with Gasteiger partial charge in [0.2, 0.25) is 5.95 Å². The van der Waals surface area contributed by atoms with E-state index in [1.165, 1.54) is 6.42 Å². The predicted molar refractivity (Wildman–Crippen MR) is 111 cm³/mol. The molecule has 1 unspecified atom stereocenters. The molecule has 2 heterocycles. The first-order valence-electron chi connectivity index (χ1n) is 10.0. The van der Waals surface area contributed by atoms with Crippen molar-refractivity contribution in [3.8, 4) is 0 Å². The molecule has 0 aliphatic carbocycles. The Labute approximate surface area is 162 Å². The Morgan fingerprint density at radius 3 is 2.85 bits per heavy atom. The van der Waals surface area contributed by atoms with Crippen molar-refractivity contribution in [2.75, 3.05) is 16.8 Å². The van der Waals surface area contributed by atoms with Crippen molar-refractivity contribution in [3.63, 3.8) is 0 Å². The number of piperidine rings is 1. The van der Waals surface area contributed by atoms with Crippen LogP contribution in [0.4, 0.5) is 11.6 Å². The van der Waals surface area contributed by atoms with Gasteiger partial charge >= 0.3 is 0 Å². The van der Waals surface area contributed by atoms with Crippen molar-refractivity contribution in [1.82, 2.24) is 9.97 Å². The van der Waals surface area contributed by atoms with Crippen LogP contribution in [0.1, 0.15) is 74.0 Å². The average Bonchev–Trinajstić information content (AvgIpc) is 2.69. The summed E-state index contributed by atoms with van der Waals surface area (Å²) in [5.41, 5.74) is 3.51. The molecule has 0 spiro atoms. The van der Waals surface area contributed by atoms with Gasteiger partial charge in [-0.15, -0.1) is 0 Å². The molecule has 1 amide bonds. The molecule has 1 fully saturated rings. The Bertz CT molecular complexity index is 803. The molecular weight excluding hydrogens is 336 g/mol. The van der Waals surface area contributed by atoms with Gasteiger partial charge in [0.1, 0.15) is 5.69 Å². The number of carbonyl (C=O) groups excluding carboxylic acids is 1. The number of amides is 1. The van der Waals surface area contributed by atoms with Crippen LogP contribution in [0.15, 0.2) is 30.5 Å². The van der Waals surface area contributed by atoms with Crippen LogP contribution in [0, 0.1) is 6.92 Å². The molecule has 144 valence electrons. The molecule has 0 saturated carbocycles. The summed E-state index contributed by atoms with van der Waals surface area (Å²) in [5.74, 6) is 0.822. The smallest absolute Gasteiger partial charge is 0.274 e. The largest absolute Gasteiger partial charge is 0.338 e. The first-order valence-corrected chi connectivity index (χ1v) is 10.0. The maximum atomic E-state index is 12.9. The SMILES string of the molecule is CCC1CCCCN1c1nccc(C(=O)Nc2c(C)cccc2C(C)C)n1. The number of aromatic nitrogens is 2. The predicted octanol–water partition coefficient (Wildman–Crippen LogP) is 4.93. The standard InChI is InChI=1S/C22H30N4O/c1-5-17-10-6-7-14-26(17)22-23-13-12-19(24-22)21(27)25-20-16(4)9-8-11-18(20)15(2)3/h8-9,11-13,15,17H,5-7,10,14H2,1-4H3,(H,25,27). The van der Waals surface area contributed by atoms with Gasteiger partial charge in [-0.3, -0.25) is 4.79 Å². The second kappa shape index (κ2) is 8.51. The van der Waals surface area contributed by atoms with Crippen molar-refractivity contribution >= 4 is 17.5 Å². The highest BCUT2D eigenvalue weighted by Crippen LogP contribution is 2.28. The number of rotatable bonds is 5. The van der Waals surface area contributed by atoms with Gasteiger partial charge in [-0.2, -0.15) is 0 Å². The molecule has 3 rings (SSSR count). The molecule has 27 heavy (non-hydrogen) atoms. The van der Waals surface area contributed by atoms with Crippen LogP contribution in [-0.2, 0) is 0 Å². The van der Waals surface area contributed by atoms with Gasteiger partial charge in [-0.1, -0.05) is 39.0 Å². The summed E-state index contributed by atoms with van der Waals surface area (Å²) < 4.78 is 0. The molecule has 1 aliphatic heterocycles. The van der Waals surface area contributed by atoms with Crippen molar-refractivity contribution in [2.45, 2.75) is 65.3 Å². The maximum absolute atomic E-state index is 12.9. The summed E-state index contributed by atoms with van der Waals surface area (Å²) in [5, 5.41) is 3.08. The highest BCUT2D eigenvalue weighted by Gasteiger charge is 2.24. The van der Waals surface area contributed by atoms with Gasteiger partial charge in [0.05, 0.1) is 0 Å². The van der Waals surface area contributed by atoms with Crippen molar-refractivity contribution < 1.29 is 4.79 Å². The van der Waals surface area contributed by atoms with Gasteiger partial charge in [-0.05, 0) is 55.7 Å². The second-order valence-electron chi connectivity index (χ2n) is 7.64. The Morgan fingerprint density at radius 1 is 1.30 bits per heavy atom. The lowest BCUT2D eigenvalue weighted by Crippen LogP contribution is -2.40. The zero-order valence-corrected chi connectivity index (χ0v) is 16.8. The number of hydrogen-bond acceptors (Lipinski definition) is 4. The summed E-state index contributed by atoms with van der Waals surface area (Å²) in [6, 6.07) is 8.27. The Balaban J connectivity index is 1.85. The molecular formula is C22H30N4O. The monoisotopic (exact) mass is 366 g/mol. The second-order valence-corrected chi connectivity index (χ2v) is 7.64. The molecule has 1 aliphatic rings. The Hall–Kier alpha value is -2.43. The normalized spacial score (nSPS) is 17.2. The van der Waals surface area contributed by atoms with Crippen LogP contribution in [0.25, 0.3) is 0 Å². The number of anilines is 2. The highest BCUT2D eigenvalue weighted by molar-refractivity contribution is 6.03. The van der Waals surface area contributed by atoms with Gasteiger partial charge in [0.25, 0.3) is 5.91 Å². The van der Waals surface area contributed by atoms with E-state index in [-0.39, 0.29) is 5.91 Å². The number of aryl methyl sites for hydroxylation is 1. The summed E-state index contributed by atoms with van der Waals surface area (Å²) in [6.45, 7) is 9.44. The van der Waals surface area contributed by atoms with Crippen molar-refractivity contribution in [2.24, 2.45) is 0 Å². The lowest BCUT2D eigenvalue weighted by Gasteiger charge is -2.35. The third kappa shape index (κ3) is 4.29. The number of nitrogens with zero attached hydrogens (tertiary/aromatic N) is 3. The fourth-order valence-corrected chi connectivity index (χ4v) is 3.82. The number of carbonyl (C=O) groups is 1. The van der Waals surface area contributed by atoms with E-state index in [1.807, 2.05) is 19.1 Å². The molecule has 0 radical (unpaired) electrons. The van der Waals surface area contributed by atoms with Crippen LogP contribution in [-0.4, -0.2) is 28.5 Å². The van der Waals surface area contributed by atoms with Crippen LogP contribution in [0.5, 0.6) is 0 Å². The fourth-order valence-electron chi connectivity index (χ4n) is 3.82. The fraction of sp³-hybridized carbons (Fsp3) is 0.500. The summed E-state index contributed by atoms with van der Waals surface area (Å²) in [4.78, 5) is 24.2.